The van der Waals surface area contributed by atoms with Crippen molar-refractivity contribution >= 4 is 36.7 Å². The molecule has 0 aliphatic carbocycles. The molecule has 0 amide bonds. The summed E-state index contributed by atoms with van der Waals surface area (Å²) in [6.45, 7) is 2.72. The van der Waals surface area contributed by atoms with E-state index in [4.69, 9.17) is 29.0 Å². The molecule has 0 aromatic carbocycles. The monoisotopic (exact) mass is 923 g/mol. The molecule has 6 atom stereocenters. The summed E-state index contributed by atoms with van der Waals surface area (Å²) in [7, 11) is -5.07. The number of nitrogen functional groups attached to an aromatic ring is 1. The second kappa shape index (κ2) is 33.5. The number of phosphoric ester groups is 1. The van der Waals surface area contributed by atoms with E-state index in [1.807, 2.05) is 0 Å². The molecule has 16 nitrogen and oxygen atoms in total. The lowest BCUT2D eigenvalue weighted by atomic mass is 10.0. The van der Waals surface area contributed by atoms with E-state index in [1.165, 1.54) is 114 Å². The lowest BCUT2D eigenvalue weighted by Crippen LogP contribution is -2.34. The van der Waals surface area contributed by atoms with Crippen LogP contribution < -0.4 is 10.6 Å². The zero-order chi connectivity index (χ0) is 46.3. The van der Waals surface area contributed by atoms with Gasteiger partial charge in [-0.25, -0.2) is 15.0 Å². The molecule has 1 saturated heterocycles. The molecular formula is C47H81N5O11P-. The summed E-state index contributed by atoms with van der Waals surface area (Å²) in [6.07, 6.45) is 30.7. The van der Waals surface area contributed by atoms with Crippen molar-refractivity contribution < 1.29 is 52.5 Å². The fourth-order valence-corrected chi connectivity index (χ4v) is 8.53. The molecule has 3 heterocycles. The number of carbonyl (C=O) groups is 2. The number of anilines is 1. The first-order valence-corrected chi connectivity index (χ1v) is 26.1. The van der Waals surface area contributed by atoms with Gasteiger partial charge in [-0.05, 0) is 38.5 Å². The molecule has 4 N–H and O–H groups in total. The summed E-state index contributed by atoms with van der Waals surface area (Å²) in [5.41, 5.74) is 6.36. The molecule has 2 aromatic heterocycles. The van der Waals surface area contributed by atoms with Crippen LogP contribution in [0.25, 0.3) is 11.2 Å². The maximum atomic E-state index is 12.9. The Morgan fingerprint density at radius 3 is 1.81 bits per heavy atom. The summed E-state index contributed by atoms with van der Waals surface area (Å²) in [6, 6.07) is 0. The van der Waals surface area contributed by atoms with Crippen molar-refractivity contribution in [1.29, 1.82) is 0 Å². The van der Waals surface area contributed by atoms with Gasteiger partial charge in [0.15, 0.2) is 23.8 Å². The highest BCUT2D eigenvalue weighted by atomic mass is 31.2. The summed E-state index contributed by atoms with van der Waals surface area (Å²) in [4.78, 5) is 50.5. The lowest BCUT2D eigenvalue weighted by molar-refractivity contribution is -0.231. The zero-order valence-corrected chi connectivity index (χ0v) is 39.9. The first-order chi connectivity index (χ1) is 31.1. The van der Waals surface area contributed by atoms with E-state index in [0.29, 0.717) is 12.8 Å². The second-order valence-corrected chi connectivity index (χ2v) is 18.7. The molecule has 64 heavy (non-hydrogen) atoms. The molecule has 0 spiro atoms. The maximum absolute atomic E-state index is 12.9. The largest absolute Gasteiger partial charge is 0.756 e. The van der Waals surface area contributed by atoms with Crippen molar-refractivity contribution in [3.05, 3.63) is 24.8 Å². The normalized spacial score (nSPS) is 19.1. The Morgan fingerprint density at radius 1 is 0.734 bits per heavy atom. The van der Waals surface area contributed by atoms with Crippen LogP contribution in [0.15, 0.2) is 24.8 Å². The van der Waals surface area contributed by atoms with Gasteiger partial charge in [-0.2, -0.15) is 0 Å². The zero-order valence-electron chi connectivity index (χ0n) is 39.0. The number of unbranched alkanes of at least 4 members (excludes halogenated alkanes) is 23. The number of phosphoric acid groups is 1. The number of nitrogens with zero attached hydrogens (tertiary/aromatic N) is 4. The Hall–Kier alpha value is -2.98. The van der Waals surface area contributed by atoms with Gasteiger partial charge in [0.2, 0.25) is 0 Å². The third-order valence-electron chi connectivity index (χ3n) is 11.7. The SMILES string of the molecule is CCCCCCCC/C=C\CCCCCCCC(=O)O[C@H](COC(=O)CCCCCCCCCCCCCCC)COP(=O)([O-])OC[C@H]1O[C@@H](n2cnc3c(N)ncnc32)[C@H](O)[C@@H]1O. The van der Waals surface area contributed by atoms with Crippen LogP contribution >= 0.6 is 7.82 Å². The number of fused-ring (bicyclic) bond motifs is 1. The molecule has 0 saturated carbocycles. The fraction of sp³-hybridized carbons (Fsp3) is 0.809. The molecule has 1 aliphatic rings. The van der Waals surface area contributed by atoms with Crippen LogP contribution in [0.1, 0.15) is 200 Å². The number of rotatable bonds is 39. The number of ether oxygens (including phenoxy) is 3. The van der Waals surface area contributed by atoms with Crippen LogP contribution in [0.2, 0.25) is 0 Å². The first kappa shape index (κ1) is 55.3. The van der Waals surface area contributed by atoms with Gasteiger partial charge >= 0.3 is 11.9 Å². The van der Waals surface area contributed by atoms with Gasteiger partial charge in [-0.3, -0.25) is 18.7 Å². The molecule has 1 aliphatic heterocycles. The minimum atomic E-state index is -5.07. The van der Waals surface area contributed by atoms with E-state index in [-0.39, 0.29) is 36.4 Å². The van der Waals surface area contributed by atoms with Crippen LogP contribution in [0.5, 0.6) is 0 Å². The lowest BCUT2D eigenvalue weighted by Gasteiger charge is -2.27. The number of hydrogen-bond donors (Lipinski definition) is 3. The minimum absolute atomic E-state index is 0.109. The Balaban J connectivity index is 1.39. The molecule has 3 rings (SSSR count). The Morgan fingerprint density at radius 2 is 1.25 bits per heavy atom. The number of aliphatic hydroxyl groups excluding tert-OH is 2. The van der Waals surface area contributed by atoms with Crippen LogP contribution in [0.3, 0.4) is 0 Å². The van der Waals surface area contributed by atoms with Crippen LogP contribution in [-0.4, -0.2) is 85.9 Å². The highest BCUT2D eigenvalue weighted by molar-refractivity contribution is 7.45. The number of aromatic nitrogens is 4. The maximum Gasteiger partial charge on any atom is 0.306 e. The quantitative estimate of drug-likeness (QED) is 0.0245. The van der Waals surface area contributed by atoms with Crippen LogP contribution in [0, 0.1) is 0 Å². The third-order valence-corrected chi connectivity index (χ3v) is 12.6. The van der Waals surface area contributed by atoms with Gasteiger partial charge in [-0.1, -0.05) is 154 Å². The van der Waals surface area contributed by atoms with Crippen molar-refractivity contribution in [3.8, 4) is 0 Å². The third kappa shape index (κ3) is 23.0. The number of aliphatic hydroxyl groups is 2. The molecule has 1 unspecified atom stereocenters. The summed E-state index contributed by atoms with van der Waals surface area (Å²) in [5, 5.41) is 21.4. The number of allylic oxidation sites excluding steroid dienone is 2. The Bertz CT molecular complexity index is 1630. The number of imidazole rings is 1. The highest BCUT2D eigenvalue weighted by Gasteiger charge is 2.45. The first-order valence-electron chi connectivity index (χ1n) is 24.6. The molecular weight excluding hydrogens is 842 g/mol. The van der Waals surface area contributed by atoms with Crippen molar-refractivity contribution in [2.45, 2.75) is 224 Å². The Kier molecular flexibility index (Phi) is 29.0. The highest BCUT2D eigenvalue weighted by Crippen LogP contribution is 2.41. The second-order valence-electron chi connectivity index (χ2n) is 17.3. The van der Waals surface area contributed by atoms with Crippen molar-refractivity contribution in [1.82, 2.24) is 19.5 Å². The van der Waals surface area contributed by atoms with E-state index < -0.39 is 63.6 Å². The number of carbonyl (C=O) groups excluding carboxylic acids is 2. The molecule has 0 radical (unpaired) electrons. The average molecular weight is 923 g/mol. The number of nitrogens with two attached hydrogens (primary N) is 1. The molecule has 17 heteroatoms. The predicted octanol–water partition coefficient (Wildman–Crippen LogP) is 9.50. The molecule has 2 aromatic rings. The van der Waals surface area contributed by atoms with Gasteiger partial charge in [0, 0.05) is 12.8 Å². The van der Waals surface area contributed by atoms with Crippen molar-refractivity contribution in [2.75, 3.05) is 25.6 Å². The summed E-state index contributed by atoms with van der Waals surface area (Å²) >= 11 is 0. The smallest absolute Gasteiger partial charge is 0.306 e. The predicted molar refractivity (Wildman–Crippen MR) is 246 cm³/mol. The molecule has 0 bridgehead atoms. The fourth-order valence-electron chi connectivity index (χ4n) is 7.78. The molecule has 1 fully saturated rings. The van der Waals surface area contributed by atoms with E-state index in [2.05, 4.69) is 41.0 Å². The topological polar surface area (TPSA) is 230 Å². The average Bonchev–Trinajstić information content (AvgIpc) is 3.84. The van der Waals surface area contributed by atoms with Gasteiger partial charge < -0.3 is 44.1 Å². The van der Waals surface area contributed by atoms with Crippen LogP contribution in [0.4, 0.5) is 5.82 Å². The van der Waals surface area contributed by atoms with Crippen molar-refractivity contribution in [2.24, 2.45) is 0 Å². The Labute approximate surface area is 382 Å². The van der Waals surface area contributed by atoms with E-state index >= 15 is 0 Å². The number of esters is 2. The summed E-state index contributed by atoms with van der Waals surface area (Å²) < 4.78 is 41.1. The number of hydrogen-bond acceptors (Lipinski definition) is 15. The van der Waals surface area contributed by atoms with E-state index in [9.17, 15) is 29.3 Å². The van der Waals surface area contributed by atoms with Crippen LogP contribution in [-0.2, 0) is 37.4 Å². The standard InChI is InChI=1S/C47H82N5O11P/c1-3-5-7-9-11-13-15-17-18-20-22-24-26-28-30-32-41(54)62-38(33-59-40(53)31-29-27-25-23-21-19-16-14-12-10-8-6-4-2)34-60-64(57,58)61-35-39-43(55)44(56)47(63-39)52-37-51-42-45(48)49-36-50-46(42)52/h17-18,36-39,43-44,47,55-56H,3-16,19-35H2,1-2H3,(H,57,58)(H2,48,49,50)/p-1/b18-17-/t38-,39-,43-,44-,47-/m1/s1. The van der Waals surface area contributed by atoms with Crippen molar-refractivity contribution in [3.63, 3.8) is 0 Å². The van der Waals surface area contributed by atoms with Gasteiger partial charge in [0.25, 0.3) is 7.82 Å². The van der Waals surface area contributed by atoms with Gasteiger partial charge in [0.1, 0.15) is 36.8 Å². The minimum Gasteiger partial charge on any atom is -0.756 e. The van der Waals surface area contributed by atoms with Gasteiger partial charge in [-0.15, -0.1) is 0 Å². The van der Waals surface area contributed by atoms with E-state index in [0.717, 1.165) is 57.8 Å². The van der Waals surface area contributed by atoms with E-state index in [1.54, 1.807) is 0 Å². The molecule has 366 valence electrons. The summed E-state index contributed by atoms with van der Waals surface area (Å²) in [5.74, 6) is -0.914. The van der Waals surface area contributed by atoms with Gasteiger partial charge in [0.05, 0.1) is 19.5 Å².